The van der Waals surface area contributed by atoms with Crippen LogP contribution in [0.4, 0.5) is 5.82 Å². The van der Waals surface area contributed by atoms with E-state index >= 15 is 0 Å². The summed E-state index contributed by atoms with van der Waals surface area (Å²) in [5.41, 5.74) is 1.73. The number of nitrogens with zero attached hydrogens (tertiary/aromatic N) is 1. The van der Waals surface area contributed by atoms with Gasteiger partial charge in [-0.05, 0) is 23.8 Å². The molecule has 4 nitrogen and oxygen atoms in total. The summed E-state index contributed by atoms with van der Waals surface area (Å²) in [6.45, 7) is 0.512. The number of esters is 1. The normalized spacial score (nSPS) is 10.1. The van der Waals surface area contributed by atoms with Gasteiger partial charge >= 0.3 is 5.97 Å². The second kappa shape index (κ2) is 6.43. The van der Waals surface area contributed by atoms with Crippen molar-refractivity contribution in [1.29, 1.82) is 0 Å². The maximum absolute atomic E-state index is 11.7. The second-order valence-electron chi connectivity index (χ2n) is 4.14. The molecule has 0 spiro atoms. The molecule has 1 aromatic heterocycles. The summed E-state index contributed by atoms with van der Waals surface area (Å²) in [6.07, 6.45) is 1.48. The van der Waals surface area contributed by atoms with E-state index in [0.717, 1.165) is 5.56 Å². The van der Waals surface area contributed by atoms with Gasteiger partial charge in [0.1, 0.15) is 19.2 Å². The topological polar surface area (TPSA) is 51.2 Å². The zero-order valence-electron chi connectivity index (χ0n) is 10.9. The predicted octanol–water partition coefficient (Wildman–Crippen LogP) is 1.93. The first-order chi connectivity index (χ1) is 9.60. The Balaban J connectivity index is 2.16. The molecule has 0 bridgehead atoms. The summed E-state index contributed by atoms with van der Waals surface area (Å²) >= 11 is 5.82. The number of aromatic nitrogens is 1. The molecule has 0 aliphatic carbocycles. The minimum absolute atomic E-state index is 0.307. The van der Waals surface area contributed by atoms with Crippen molar-refractivity contribution in [3.63, 3.8) is 0 Å². The molecule has 2 rings (SSSR count). The molecule has 2 radical (unpaired) electrons. The average molecular weight is 287 g/mol. The van der Waals surface area contributed by atoms with Gasteiger partial charge in [0.2, 0.25) is 0 Å². The van der Waals surface area contributed by atoms with E-state index in [4.69, 9.17) is 24.2 Å². The average Bonchev–Trinajstić information content (AvgIpc) is 2.46. The summed E-state index contributed by atoms with van der Waals surface area (Å²) in [5, 5.41) is 3.76. The summed E-state index contributed by atoms with van der Waals surface area (Å²) in [7, 11) is 6.95. The Labute approximate surface area is 123 Å². The molecular weight excluding hydrogens is 274 g/mol. The molecule has 6 heteroatoms. The van der Waals surface area contributed by atoms with Crippen LogP contribution in [-0.2, 0) is 11.3 Å². The van der Waals surface area contributed by atoms with Gasteiger partial charge in [-0.25, -0.2) is 9.78 Å². The van der Waals surface area contributed by atoms with Gasteiger partial charge in [-0.3, -0.25) is 0 Å². The number of halogens is 1. The number of anilines is 1. The molecule has 20 heavy (non-hydrogen) atoms. The van der Waals surface area contributed by atoms with E-state index in [1.807, 2.05) is 12.1 Å². The van der Waals surface area contributed by atoms with Crippen LogP contribution in [0.15, 0.2) is 36.5 Å². The molecule has 1 aromatic carbocycles. The minimum Gasteiger partial charge on any atom is -0.465 e. The third kappa shape index (κ3) is 3.51. The Morgan fingerprint density at radius 2 is 2.10 bits per heavy atom. The lowest BCUT2D eigenvalue weighted by molar-refractivity contribution is 0.0601. The minimum atomic E-state index is -0.483. The maximum Gasteiger partial charge on any atom is 0.341 e. The number of benzene rings is 1. The smallest absolute Gasteiger partial charge is 0.341 e. The molecule has 0 aliphatic heterocycles. The molecule has 0 saturated carbocycles. The Kier molecular flexibility index (Phi) is 4.63. The van der Waals surface area contributed by atoms with Gasteiger partial charge in [-0.1, -0.05) is 29.2 Å². The van der Waals surface area contributed by atoms with Crippen LogP contribution in [-0.4, -0.2) is 25.9 Å². The Hall–Kier alpha value is -2.01. The van der Waals surface area contributed by atoms with Crippen molar-refractivity contribution in [3.05, 3.63) is 52.7 Å². The highest BCUT2D eigenvalue weighted by molar-refractivity contribution is 6.32. The molecule has 0 saturated heterocycles. The zero-order valence-corrected chi connectivity index (χ0v) is 11.6. The second-order valence-corrected chi connectivity index (χ2v) is 4.57. The quantitative estimate of drug-likeness (QED) is 0.689. The third-order valence-electron chi connectivity index (χ3n) is 2.69. The molecule has 0 fully saturated rings. The highest BCUT2D eigenvalue weighted by Gasteiger charge is 2.13. The van der Waals surface area contributed by atoms with E-state index in [1.165, 1.54) is 19.4 Å². The SMILES string of the molecule is [B]c1cnc(NCc2ccc(Cl)cc2)c(C(=O)OC)c1. The number of carbonyl (C=O) groups excluding carboxylic acids is 1. The van der Waals surface area contributed by atoms with Crippen LogP contribution in [0.3, 0.4) is 0 Å². The fourth-order valence-electron chi connectivity index (χ4n) is 1.68. The van der Waals surface area contributed by atoms with E-state index in [0.29, 0.717) is 28.4 Å². The fourth-order valence-corrected chi connectivity index (χ4v) is 1.80. The fraction of sp³-hybridized carbons (Fsp3) is 0.143. The number of rotatable bonds is 4. The highest BCUT2D eigenvalue weighted by atomic mass is 35.5. The molecule has 2 aromatic rings. The van der Waals surface area contributed by atoms with E-state index in [1.54, 1.807) is 12.1 Å². The Morgan fingerprint density at radius 3 is 2.75 bits per heavy atom. The number of carbonyl (C=O) groups is 1. The van der Waals surface area contributed by atoms with Crippen molar-refractivity contribution in [2.75, 3.05) is 12.4 Å². The molecule has 0 unspecified atom stereocenters. The first kappa shape index (κ1) is 14.4. The van der Waals surface area contributed by atoms with Gasteiger partial charge in [-0.2, -0.15) is 0 Å². The van der Waals surface area contributed by atoms with Crippen LogP contribution in [0.5, 0.6) is 0 Å². The number of hydrogen-bond acceptors (Lipinski definition) is 4. The van der Waals surface area contributed by atoms with Crippen LogP contribution in [0.1, 0.15) is 15.9 Å². The Bertz CT molecular complexity index is 617. The van der Waals surface area contributed by atoms with E-state index < -0.39 is 5.97 Å². The molecular formula is C14H12BClN2O2. The van der Waals surface area contributed by atoms with Crippen molar-refractivity contribution in [2.45, 2.75) is 6.54 Å². The van der Waals surface area contributed by atoms with Crippen LogP contribution >= 0.6 is 11.6 Å². The zero-order chi connectivity index (χ0) is 14.5. The number of hydrogen-bond donors (Lipinski definition) is 1. The molecule has 0 amide bonds. The number of pyridine rings is 1. The highest BCUT2D eigenvalue weighted by Crippen LogP contribution is 2.14. The van der Waals surface area contributed by atoms with Crippen molar-refractivity contribution in [1.82, 2.24) is 4.98 Å². The number of nitrogens with one attached hydrogen (secondary N) is 1. The van der Waals surface area contributed by atoms with Gasteiger partial charge in [0.05, 0.1) is 7.11 Å². The van der Waals surface area contributed by atoms with Crippen LogP contribution in [0.25, 0.3) is 0 Å². The molecule has 0 aliphatic rings. The molecule has 100 valence electrons. The molecule has 0 atom stereocenters. The van der Waals surface area contributed by atoms with Gasteiger partial charge < -0.3 is 10.1 Å². The third-order valence-corrected chi connectivity index (χ3v) is 2.94. The lowest BCUT2D eigenvalue weighted by atomic mass is 9.97. The molecule has 1 heterocycles. The first-order valence-electron chi connectivity index (χ1n) is 5.92. The number of methoxy groups -OCH3 is 1. The van der Waals surface area contributed by atoms with Crippen LogP contribution in [0, 0.1) is 0 Å². The molecule has 1 N–H and O–H groups in total. The van der Waals surface area contributed by atoms with Crippen molar-refractivity contribution in [2.24, 2.45) is 0 Å². The van der Waals surface area contributed by atoms with Gasteiger partial charge in [0.25, 0.3) is 0 Å². The van der Waals surface area contributed by atoms with E-state index in [-0.39, 0.29) is 0 Å². The first-order valence-corrected chi connectivity index (χ1v) is 6.30. The van der Waals surface area contributed by atoms with Crippen molar-refractivity contribution < 1.29 is 9.53 Å². The van der Waals surface area contributed by atoms with Gasteiger partial charge in [-0.15, -0.1) is 0 Å². The van der Waals surface area contributed by atoms with Gasteiger partial charge in [0.15, 0.2) is 0 Å². The predicted molar refractivity (Wildman–Crippen MR) is 79.7 cm³/mol. The lowest BCUT2D eigenvalue weighted by Crippen LogP contribution is -2.15. The summed E-state index contributed by atoms with van der Waals surface area (Å²) in [6, 6.07) is 8.92. The Morgan fingerprint density at radius 1 is 1.40 bits per heavy atom. The van der Waals surface area contributed by atoms with Crippen LogP contribution in [0.2, 0.25) is 5.02 Å². The van der Waals surface area contributed by atoms with Crippen molar-refractivity contribution in [3.8, 4) is 0 Å². The van der Waals surface area contributed by atoms with Gasteiger partial charge in [0, 0.05) is 17.8 Å². The monoisotopic (exact) mass is 286 g/mol. The van der Waals surface area contributed by atoms with E-state index in [9.17, 15) is 4.79 Å². The lowest BCUT2D eigenvalue weighted by Gasteiger charge is -2.10. The van der Waals surface area contributed by atoms with Crippen LogP contribution < -0.4 is 10.8 Å². The number of ether oxygens (including phenoxy) is 1. The maximum atomic E-state index is 11.7. The summed E-state index contributed by atoms with van der Waals surface area (Å²) in [5.74, 6) is -0.0515. The largest absolute Gasteiger partial charge is 0.465 e. The van der Waals surface area contributed by atoms with E-state index in [2.05, 4.69) is 10.3 Å². The standard InChI is InChI=1S/C14H12BClN2O2/c1-20-14(19)12-6-10(15)8-18-13(12)17-7-9-2-4-11(16)5-3-9/h2-6,8H,7H2,1H3,(H,17,18). The summed E-state index contributed by atoms with van der Waals surface area (Å²) in [4.78, 5) is 15.8. The summed E-state index contributed by atoms with van der Waals surface area (Å²) < 4.78 is 4.71. The van der Waals surface area contributed by atoms with Crippen molar-refractivity contribution >= 4 is 36.7 Å².